The first-order chi connectivity index (χ1) is 8.20. The van der Waals surface area contributed by atoms with Gasteiger partial charge >= 0.3 is 12.1 Å². The van der Waals surface area contributed by atoms with E-state index < -0.39 is 17.7 Å². The summed E-state index contributed by atoms with van der Waals surface area (Å²) in [6.07, 6.45) is 0.347. The highest BCUT2D eigenvalue weighted by molar-refractivity contribution is 5.89. The molecule has 0 saturated heterocycles. The number of hydrogen-bond acceptors (Lipinski definition) is 5. The first-order valence-electron chi connectivity index (χ1n) is 5.18. The molecule has 0 aliphatic heterocycles. The molecule has 3 N–H and O–H groups in total. The molecule has 7 nitrogen and oxygen atoms in total. The van der Waals surface area contributed by atoms with Gasteiger partial charge in [0.05, 0.1) is 5.56 Å². The summed E-state index contributed by atoms with van der Waals surface area (Å²) < 4.78 is 5.04. The van der Waals surface area contributed by atoms with Crippen LogP contribution in [0.3, 0.4) is 0 Å². The molecule has 0 aliphatic carbocycles. The minimum absolute atomic E-state index is 0.0105. The molecule has 0 atom stereocenters. The molecule has 1 aromatic rings. The Bertz CT molecular complexity index is 450. The van der Waals surface area contributed by atoms with Gasteiger partial charge in [0.2, 0.25) is 0 Å². The van der Waals surface area contributed by atoms with Crippen LogP contribution in [0.25, 0.3) is 0 Å². The molecule has 0 aromatic carbocycles. The van der Waals surface area contributed by atoms with Crippen molar-refractivity contribution in [3.63, 3.8) is 0 Å². The van der Waals surface area contributed by atoms with E-state index in [1.165, 1.54) is 12.1 Å². The Morgan fingerprint density at radius 2 is 2.00 bits per heavy atom. The number of amides is 1. The molecule has 0 aliphatic rings. The van der Waals surface area contributed by atoms with Crippen molar-refractivity contribution in [3.05, 3.63) is 23.9 Å². The zero-order valence-electron chi connectivity index (χ0n) is 10.4. The number of aromatic carboxylic acids is 1. The number of rotatable bonds is 2. The molecule has 0 spiro atoms. The molecule has 0 bridgehead atoms. The monoisotopic (exact) mass is 253 g/mol. The molecule has 0 unspecified atom stereocenters. The molecular weight excluding hydrogens is 238 g/mol. The number of pyridine rings is 1. The molecule has 1 aromatic heterocycles. The molecule has 0 radical (unpaired) electrons. The number of anilines is 1. The minimum Gasteiger partial charge on any atom is -0.478 e. The Morgan fingerprint density at radius 1 is 1.39 bits per heavy atom. The van der Waals surface area contributed by atoms with E-state index in [2.05, 4.69) is 4.98 Å². The van der Waals surface area contributed by atoms with Crippen LogP contribution >= 0.6 is 0 Å². The van der Waals surface area contributed by atoms with Crippen molar-refractivity contribution in [1.29, 1.82) is 0 Å². The molecule has 0 fully saturated rings. The standard InChI is InChI=1S/C11H15N3O4/c1-11(2,3)18-10(17)14(12)8-5-4-7(6-13-8)9(15)16/h4-6H,12H2,1-3H3,(H,15,16). The van der Waals surface area contributed by atoms with Crippen LogP contribution < -0.4 is 10.9 Å². The summed E-state index contributed by atoms with van der Waals surface area (Å²) in [5.74, 6) is 4.52. The van der Waals surface area contributed by atoms with Gasteiger partial charge in [0.25, 0.3) is 0 Å². The zero-order valence-corrected chi connectivity index (χ0v) is 10.4. The molecule has 18 heavy (non-hydrogen) atoms. The quantitative estimate of drug-likeness (QED) is 0.468. The summed E-state index contributed by atoms with van der Waals surface area (Å²) in [7, 11) is 0. The Balaban J connectivity index is 2.81. The largest absolute Gasteiger partial charge is 0.478 e. The van der Waals surface area contributed by atoms with Crippen molar-refractivity contribution in [2.45, 2.75) is 26.4 Å². The van der Waals surface area contributed by atoms with E-state index in [0.717, 1.165) is 11.2 Å². The number of nitrogens with zero attached hydrogens (tertiary/aromatic N) is 2. The molecule has 0 saturated carbocycles. The van der Waals surface area contributed by atoms with Gasteiger partial charge in [-0.15, -0.1) is 0 Å². The lowest BCUT2D eigenvalue weighted by Crippen LogP contribution is -2.42. The van der Waals surface area contributed by atoms with Gasteiger partial charge in [-0.05, 0) is 32.9 Å². The molecular formula is C11H15N3O4. The van der Waals surface area contributed by atoms with E-state index in [-0.39, 0.29) is 11.4 Å². The third-order valence-corrected chi connectivity index (χ3v) is 1.83. The topological polar surface area (TPSA) is 106 Å². The Kier molecular flexibility index (Phi) is 3.87. The summed E-state index contributed by atoms with van der Waals surface area (Å²) in [5, 5.41) is 9.42. The van der Waals surface area contributed by atoms with Gasteiger partial charge in [-0.2, -0.15) is 5.01 Å². The van der Waals surface area contributed by atoms with Crippen LogP contribution in [0.15, 0.2) is 18.3 Å². The van der Waals surface area contributed by atoms with Crippen molar-refractivity contribution >= 4 is 17.9 Å². The fraction of sp³-hybridized carbons (Fsp3) is 0.364. The lowest BCUT2D eigenvalue weighted by molar-refractivity contribution is 0.0578. The van der Waals surface area contributed by atoms with Crippen LogP contribution in [0.5, 0.6) is 0 Å². The van der Waals surface area contributed by atoms with Crippen molar-refractivity contribution in [1.82, 2.24) is 4.98 Å². The van der Waals surface area contributed by atoms with Gasteiger partial charge in [0.15, 0.2) is 5.82 Å². The minimum atomic E-state index is -1.10. The third kappa shape index (κ3) is 3.70. The van der Waals surface area contributed by atoms with Crippen LogP contribution in [0.4, 0.5) is 10.6 Å². The van der Waals surface area contributed by atoms with Crippen molar-refractivity contribution in [2.75, 3.05) is 5.01 Å². The highest BCUT2D eigenvalue weighted by atomic mass is 16.6. The predicted molar refractivity (Wildman–Crippen MR) is 64.1 cm³/mol. The van der Waals surface area contributed by atoms with E-state index in [1.807, 2.05) is 0 Å². The van der Waals surface area contributed by atoms with Crippen LogP contribution in [-0.4, -0.2) is 27.8 Å². The second-order valence-electron chi connectivity index (χ2n) is 4.56. The SMILES string of the molecule is CC(C)(C)OC(=O)N(N)c1ccc(C(=O)O)cn1. The fourth-order valence-electron chi connectivity index (χ4n) is 1.06. The lowest BCUT2D eigenvalue weighted by atomic mass is 10.2. The number of nitrogens with two attached hydrogens (primary N) is 1. The first kappa shape index (κ1) is 13.9. The maximum absolute atomic E-state index is 11.6. The van der Waals surface area contributed by atoms with E-state index in [9.17, 15) is 9.59 Å². The average molecular weight is 253 g/mol. The van der Waals surface area contributed by atoms with Gasteiger partial charge in [-0.3, -0.25) is 0 Å². The number of carboxylic acid groups (broad SMARTS) is 1. The fourth-order valence-corrected chi connectivity index (χ4v) is 1.06. The molecule has 7 heteroatoms. The van der Waals surface area contributed by atoms with Crippen molar-refractivity contribution < 1.29 is 19.4 Å². The number of aromatic nitrogens is 1. The van der Waals surface area contributed by atoms with Gasteiger partial charge in [0.1, 0.15) is 5.60 Å². The second-order valence-corrected chi connectivity index (χ2v) is 4.56. The second kappa shape index (κ2) is 5.01. The number of carbonyl (C=O) groups is 2. The number of ether oxygens (including phenoxy) is 1. The van der Waals surface area contributed by atoms with Crippen LogP contribution in [-0.2, 0) is 4.74 Å². The van der Waals surface area contributed by atoms with Crippen LogP contribution in [0.2, 0.25) is 0 Å². The number of hydrazine groups is 1. The van der Waals surface area contributed by atoms with E-state index >= 15 is 0 Å². The maximum atomic E-state index is 11.6. The predicted octanol–water partition coefficient (Wildman–Crippen LogP) is 1.40. The highest BCUT2D eigenvalue weighted by Gasteiger charge is 2.22. The molecule has 1 heterocycles. The highest BCUT2D eigenvalue weighted by Crippen LogP contribution is 2.13. The van der Waals surface area contributed by atoms with E-state index in [4.69, 9.17) is 15.7 Å². The Hall–Kier alpha value is -2.15. The third-order valence-electron chi connectivity index (χ3n) is 1.83. The summed E-state index contributed by atoms with van der Waals surface area (Å²) in [6, 6.07) is 2.63. The Morgan fingerprint density at radius 3 is 2.39 bits per heavy atom. The normalized spacial score (nSPS) is 10.9. The van der Waals surface area contributed by atoms with Crippen molar-refractivity contribution in [3.8, 4) is 0 Å². The van der Waals surface area contributed by atoms with Gasteiger partial charge in [-0.25, -0.2) is 20.4 Å². The first-order valence-corrected chi connectivity index (χ1v) is 5.18. The number of carboxylic acids is 1. The summed E-state index contributed by atoms with van der Waals surface area (Å²) >= 11 is 0. The van der Waals surface area contributed by atoms with E-state index in [0.29, 0.717) is 0 Å². The van der Waals surface area contributed by atoms with Crippen LogP contribution in [0, 0.1) is 0 Å². The Labute approximate surface area is 104 Å². The van der Waals surface area contributed by atoms with Crippen LogP contribution in [0.1, 0.15) is 31.1 Å². The molecule has 1 rings (SSSR count). The van der Waals surface area contributed by atoms with E-state index in [1.54, 1.807) is 20.8 Å². The maximum Gasteiger partial charge on any atom is 0.430 e. The lowest BCUT2D eigenvalue weighted by Gasteiger charge is -2.23. The van der Waals surface area contributed by atoms with Gasteiger partial charge in [0, 0.05) is 6.20 Å². The van der Waals surface area contributed by atoms with Gasteiger partial charge < -0.3 is 9.84 Å². The summed E-state index contributed by atoms with van der Waals surface area (Å²) in [5.41, 5.74) is -0.660. The summed E-state index contributed by atoms with van der Waals surface area (Å²) in [4.78, 5) is 26.0. The molecule has 98 valence electrons. The van der Waals surface area contributed by atoms with Crippen molar-refractivity contribution in [2.24, 2.45) is 5.84 Å². The zero-order chi connectivity index (χ0) is 13.9. The number of carbonyl (C=O) groups excluding carboxylic acids is 1. The summed E-state index contributed by atoms with van der Waals surface area (Å²) in [6.45, 7) is 5.12. The number of hydrogen-bond donors (Lipinski definition) is 2. The average Bonchev–Trinajstić information content (AvgIpc) is 2.26. The smallest absolute Gasteiger partial charge is 0.430 e. The molecule has 1 amide bonds. The van der Waals surface area contributed by atoms with Gasteiger partial charge in [-0.1, -0.05) is 0 Å².